The number of aliphatic hydroxyl groups is 1. The first-order valence-corrected chi connectivity index (χ1v) is 4.63. The van der Waals surface area contributed by atoms with Gasteiger partial charge in [0, 0.05) is 6.20 Å². The van der Waals surface area contributed by atoms with Gasteiger partial charge in [-0.05, 0) is 24.3 Å². The first kappa shape index (κ1) is 9.61. The Morgan fingerprint density at radius 1 is 1.07 bits per heavy atom. The molecule has 0 radical (unpaired) electrons. The van der Waals surface area contributed by atoms with Crippen LogP contribution in [0.1, 0.15) is 5.69 Å². The lowest BCUT2D eigenvalue weighted by molar-refractivity contribution is 0.277. The summed E-state index contributed by atoms with van der Waals surface area (Å²) in [5, 5.41) is 12.0. The molecule has 15 heavy (non-hydrogen) atoms. The summed E-state index contributed by atoms with van der Waals surface area (Å²) in [6.45, 7) is -0.0578. The summed E-state index contributed by atoms with van der Waals surface area (Å²) in [7, 11) is 0. The van der Waals surface area contributed by atoms with E-state index in [2.05, 4.69) is 15.3 Å². The van der Waals surface area contributed by atoms with E-state index in [0.29, 0.717) is 11.5 Å². The Morgan fingerprint density at radius 2 is 1.93 bits per heavy atom. The summed E-state index contributed by atoms with van der Waals surface area (Å²) in [5.74, 6) is 1.42. The van der Waals surface area contributed by atoms with Gasteiger partial charge in [-0.1, -0.05) is 12.1 Å². The van der Waals surface area contributed by atoms with Crippen LogP contribution in [0.5, 0.6) is 0 Å². The van der Waals surface area contributed by atoms with Crippen molar-refractivity contribution in [3.63, 3.8) is 0 Å². The Hall–Kier alpha value is -1.94. The molecule has 0 aliphatic carbocycles. The van der Waals surface area contributed by atoms with Crippen molar-refractivity contribution < 1.29 is 5.11 Å². The average Bonchev–Trinajstić information content (AvgIpc) is 2.31. The molecule has 76 valence electrons. The lowest BCUT2D eigenvalue weighted by atomic mass is 10.3. The predicted octanol–water partition coefficient (Wildman–Crippen LogP) is 1.71. The third-order valence-electron chi connectivity index (χ3n) is 1.89. The van der Waals surface area contributed by atoms with Gasteiger partial charge in [0.25, 0.3) is 0 Å². The molecule has 0 aromatic carbocycles. The van der Waals surface area contributed by atoms with Gasteiger partial charge in [-0.15, -0.1) is 0 Å². The molecule has 4 nitrogen and oxygen atoms in total. The van der Waals surface area contributed by atoms with E-state index in [4.69, 9.17) is 5.11 Å². The van der Waals surface area contributed by atoms with Gasteiger partial charge in [-0.3, -0.25) is 0 Å². The highest BCUT2D eigenvalue weighted by molar-refractivity contribution is 5.50. The lowest BCUT2D eigenvalue weighted by Gasteiger charge is -2.04. The molecule has 0 aliphatic heterocycles. The third-order valence-corrected chi connectivity index (χ3v) is 1.89. The first-order chi connectivity index (χ1) is 7.38. The highest BCUT2D eigenvalue weighted by Gasteiger charge is 1.97. The minimum atomic E-state index is -0.0578. The SMILES string of the molecule is OCc1cccc(Nc2ccccn2)n1. The molecule has 2 aromatic heterocycles. The molecular formula is C11H11N3O. The lowest BCUT2D eigenvalue weighted by Crippen LogP contribution is -1.97. The molecule has 2 rings (SSSR count). The van der Waals surface area contributed by atoms with Gasteiger partial charge in [-0.25, -0.2) is 9.97 Å². The zero-order valence-corrected chi connectivity index (χ0v) is 8.09. The fourth-order valence-corrected chi connectivity index (χ4v) is 1.21. The normalized spacial score (nSPS) is 9.93. The van der Waals surface area contributed by atoms with Crippen LogP contribution in [-0.4, -0.2) is 15.1 Å². The summed E-state index contributed by atoms with van der Waals surface area (Å²) in [5.41, 5.74) is 0.635. The molecule has 0 aliphatic rings. The number of hydrogen-bond acceptors (Lipinski definition) is 4. The Morgan fingerprint density at radius 3 is 2.67 bits per heavy atom. The summed E-state index contributed by atoms with van der Waals surface area (Å²) >= 11 is 0. The van der Waals surface area contributed by atoms with Crippen molar-refractivity contribution in [3.05, 3.63) is 48.3 Å². The van der Waals surface area contributed by atoms with Gasteiger partial charge in [0.1, 0.15) is 11.6 Å². The van der Waals surface area contributed by atoms with Gasteiger partial charge in [0.15, 0.2) is 0 Å². The standard InChI is InChI=1S/C11H11N3O/c15-8-9-4-3-6-11(13-9)14-10-5-1-2-7-12-10/h1-7,15H,8H2,(H,12,13,14). The quantitative estimate of drug-likeness (QED) is 0.793. The molecule has 0 unspecified atom stereocenters. The van der Waals surface area contributed by atoms with Crippen LogP contribution >= 0.6 is 0 Å². The number of hydrogen-bond donors (Lipinski definition) is 2. The maximum absolute atomic E-state index is 8.92. The van der Waals surface area contributed by atoms with Crippen LogP contribution in [0.25, 0.3) is 0 Å². The molecule has 0 fully saturated rings. The summed E-state index contributed by atoms with van der Waals surface area (Å²) in [6, 6.07) is 11.0. The molecule has 2 N–H and O–H groups in total. The van der Waals surface area contributed by atoms with Gasteiger partial charge >= 0.3 is 0 Å². The molecular weight excluding hydrogens is 190 g/mol. The Labute approximate surface area is 87.6 Å². The van der Waals surface area contributed by atoms with Gasteiger partial charge in [0.05, 0.1) is 12.3 Å². The Bertz CT molecular complexity index is 431. The molecule has 4 heteroatoms. The van der Waals surface area contributed by atoms with E-state index < -0.39 is 0 Å². The number of aliphatic hydroxyl groups excluding tert-OH is 1. The fraction of sp³-hybridized carbons (Fsp3) is 0.0909. The summed E-state index contributed by atoms with van der Waals surface area (Å²) in [4.78, 5) is 8.30. The Balaban J connectivity index is 2.17. The molecule has 2 aromatic rings. The zero-order chi connectivity index (χ0) is 10.5. The van der Waals surface area contributed by atoms with Crippen molar-refractivity contribution in [2.24, 2.45) is 0 Å². The van der Waals surface area contributed by atoms with Gasteiger partial charge < -0.3 is 10.4 Å². The van der Waals surface area contributed by atoms with E-state index in [1.54, 1.807) is 12.3 Å². The molecule has 0 saturated carbocycles. The van der Waals surface area contributed by atoms with Crippen LogP contribution in [0.3, 0.4) is 0 Å². The van der Waals surface area contributed by atoms with E-state index >= 15 is 0 Å². The van der Waals surface area contributed by atoms with E-state index in [9.17, 15) is 0 Å². The largest absolute Gasteiger partial charge is 0.390 e. The number of aromatic nitrogens is 2. The van der Waals surface area contributed by atoms with E-state index in [1.807, 2.05) is 30.3 Å². The predicted molar refractivity (Wildman–Crippen MR) is 57.7 cm³/mol. The third kappa shape index (κ3) is 2.51. The van der Waals surface area contributed by atoms with Crippen molar-refractivity contribution in [1.82, 2.24) is 9.97 Å². The van der Waals surface area contributed by atoms with Crippen molar-refractivity contribution in [2.75, 3.05) is 5.32 Å². The van der Waals surface area contributed by atoms with E-state index in [0.717, 1.165) is 5.82 Å². The minimum absolute atomic E-state index is 0.0578. The smallest absolute Gasteiger partial charge is 0.131 e. The van der Waals surface area contributed by atoms with Crippen molar-refractivity contribution in [3.8, 4) is 0 Å². The number of pyridine rings is 2. The number of rotatable bonds is 3. The van der Waals surface area contributed by atoms with Gasteiger partial charge in [0.2, 0.25) is 0 Å². The topological polar surface area (TPSA) is 58.0 Å². The number of nitrogens with zero attached hydrogens (tertiary/aromatic N) is 2. The zero-order valence-electron chi connectivity index (χ0n) is 8.09. The monoisotopic (exact) mass is 201 g/mol. The molecule has 0 amide bonds. The second-order valence-electron chi connectivity index (χ2n) is 3.01. The second-order valence-corrected chi connectivity index (χ2v) is 3.01. The van der Waals surface area contributed by atoms with E-state index in [1.165, 1.54) is 0 Å². The molecule has 0 spiro atoms. The highest BCUT2D eigenvalue weighted by Crippen LogP contribution is 2.11. The molecule has 0 atom stereocenters. The molecule has 2 heterocycles. The van der Waals surface area contributed by atoms with E-state index in [-0.39, 0.29) is 6.61 Å². The summed E-state index contributed by atoms with van der Waals surface area (Å²) < 4.78 is 0. The fourth-order valence-electron chi connectivity index (χ4n) is 1.21. The second kappa shape index (κ2) is 4.52. The molecule has 0 saturated heterocycles. The van der Waals surface area contributed by atoms with Crippen molar-refractivity contribution in [2.45, 2.75) is 6.61 Å². The van der Waals surface area contributed by atoms with Crippen molar-refractivity contribution in [1.29, 1.82) is 0 Å². The van der Waals surface area contributed by atoms with Crippen LogP contribution in [0.4, 0.5) is 11.6 Å². The maximum Gasteiger partial charge on any atom is 0.131 e. The van der Waals surface area contributed by atoms with Crippen molar-refractivity contribution >= 4 is 11.6 Å². The van der Waals surface area contributed by atoms with Crippen LogP contribution in [0.15, 0.2) is 42.6 Å². The average molecular weight is 201 g/mol. The number of anilines is 2. The maximum atomic E-state index is 8.92. The minimum Gasteiger partial charge on any atom is -0.390 e. The molecule has 0 bridgehead atoms. The van der Waals surface area contributed by atoms with Gasteiger partial charge in [-0.2, -0.15) is 0 Å². The van der Waals surface area contributed by atoms with Crippen LogP contribution in [0.2, 0.25) is 0 Å². The number of nitrogens with one attached hydrogen (secondary N) is 1. The first-order valence-electron chi connectivity index (χ1n) is 4.63. The van der Waals surface area contributed by atoms with Crippen LogP contribution < -0.4 is 5.32 Å². The highest BCUT2D eigenvalue weighted by atomic mass is 16.3. The Kier molecular flexibility index (Phi) is 2.90. The summed E-state index contributed by atoms with van der Waals surface area (Å²) in [6.07, 6.45) is 1.71. The van der Waals surface area contributed by atoms with Crippen LogP contribution in [-0.2, 0) is 6.61 Å². The van der Waals surface area contributed by atoms with Crippen LogP contribution in [0, 0.1) is 0 Å².